The summed E-state index contributed by atoms with van der Waals surface area (Å²) in [5, 5.41) is 11.1. The number of nitrogens with zero attached hydrogens (tertiary/aromatic N) is 5. The zero-order chi connectivity index (χ0) is 22.7. The van der Waals surface area contributed by atoms with Gasteiger partial charge in [-0.25, -0.2) is 0 Å². The minimum atomic E-state index is -0.355. The van der Waals surface area contributed by atoms with Crippen LogP contribution in [0, 0.1) is 6.92 Å². The maximum Gasteiger partial charge on any atom is 0.292 e. The lowest BCUT2D eigenvalue weighted by Crippen LogP contribution is -2.54. The van der Waals surface area contributed by atoms with Crippen LogP contribution in [0.15, 0.2) is 51.9 Å². The van der Waals surface area contributed by atoms with E-state index in [0.29, 0.717) is 55.6 Å². The standard InChI is InChI=1S/C22H25ClN6O3/c1-3-17(21(30)25-19-13-15(2)32-26-19)27-9-11-28(12-10-27)18-14-24-29(22(31)20(18)23)16-7-5-4-6-8-16/h4-8,13-14,17H,3,9-12H2,1-2H3,(H,25,26,30). The van der Waals surface area contributed by atoms with Crippen LogP contribution in [-0.2, 0) is 4.79 Å². The molecule has 1 atom stereocenters. The number of hydrogen-bond donors (Lipinski definition) is 1. The van der Waals surface area contributed by atoms with Crippen LogP contribution in [0.2, 0.25) is 5.02 Å². The Labute approximate surface area is 190 Å². The first kappa shape index (κ1) is 22.0. The molecule has 0 spiro atoms. The zero-order valence-electron chi connectivity index (χ0n) is 18.0. The van der Waals surface area contributed by atoms with Crippen LogP contribution in [0.1, 0.15) is 19.1 Å². The fourth-order valence-electron chi connectivity index (χ4n) is 3.92. The van der Waals surface area contributed by atoms with Crippen LogP contribution in [0.4, 0.5) is 11.5 Å². The number of halogens is 1. The number of aryl methyl sites for hydroxylation is 1. The number of carbonyl (C=O) groups is 1. The molecule has 3 aromatic rings. The Morgan fingerprint density at radius 3 is 2.56 bits per heavy atom. The number of nitrogens with one attached hydrogen (secondary N) is 1. The van der Waals surface area contributed by atoms with Crippen LogP contribution in [0.5, 0.6) is 0 Å². The predicted octanol–water partition coefficient (Wildman–Crippen LogP) is 2.72. The molecule has 0 aliphatic carbocycles. The number of anilines is 2. The number of amides is 1. The summed E-state index contributed by atoms with van der Waals surface area (Å²) in [7, 11) is 0. The minimum Gasteiger partial charge on any atom is -0.366 e. The predicted molar refractivity (Wildman–Crippen MR) is 123 cm³/mol. The molecule has 4 rings (SSSR count). The summed E-state index contributed by atoms with van der Waals surface area (Å²) in [6.45, 7) is 6.32. The van der Waals surface area contributed by atoms with Crippen molar-refractivity contribution >= 4 is 29.0 Å². The number of hydrogen-bond acceptors (Lipinski definition) is 7. The van der Waals surface area contributed by atoms with Gasteiger partial charge in [-0.1, -0.05) is 41.9 Å². The van der Waals surface area contributed by atoms with Gasteiger partial charge in [-0.05, 0) is 25.5 Å². The van der Waals surface area contributed by atoms with Gasteiger partial charge in [0.2, 0.25) is 5.91 Å². The van der Waals surface area contributed by atoms with Crippen molar-refractivity contribution in [1.82, 2.24) is 19.8 Å². The molecule has 1 aliphatic heterocycles. The maximum absolute atomic E-state index is 12.8. The van der Waals surface area contributed by atoms with Gasteiger partial charge in [0, 0.05) is 32.2 Å². The molecule has 0 bridgehead atoms. The first-order valence-electron chi connectivity index (χ1n) is 10.5. The van der Waals surface area contributed by atoms with E-state index < -0.39 is 0 Å². The third-order valence-corrected chi connectivity index (χ3v) is 5.92. The molecule has 1 fully saturated rings. The van der Waals surface area contributed by atoms with Crippen LogP contribution < -0.4 is 15.8 Å². The van der Waals surface area contributed by atoms with Crippen molar-refractivity contribution < 1.29 is 9.32 Å². The SMILES string of the molecule is CCC(C(=O)Nc1cc(C)on1)N1CCN(c2cnn(-c3ccccc3)c(=O)c2Cl)CC1. The lowest BCUT2D eigenvalue weighted by molar-refractivity contribution is -0.121. The molecule has 9 nitrogen and oxygen atoms in total. The highest BCUT2D eigenvalue weighted by atomic mass is 35.5. The Bertz CT molecular complexity index is 1140. The highest BCUT2D eigenvalue weighted by Gasteiger charge is 2.29. The number of piperazine rings is 1. The molecule has 0 radical (unpaired) electrons. The number of benzene rings is 1. The minimum absolute atomic E-state index is 0.112. The Balaban J connectivity index is 1.43. The fourth-order valence-corrected chi connectivity index (χ4v) is 4.16. The van der Waals surface area contributed by atoms with Gasteiger partial charge in [0.05, 0.1) is 23.6 Å². The Morgan fingerprint density at radius 1 is 1.22 bits per heavy atom. The summed E-state index contributed by atoms with van der Waals surface area (Å²) < 4.78 is 6.31. The lowest BCUT2D eigenvalue weighted by Gasteiger charge is -2.39. The number of aromatic nitrogens is 3. The quantitative estimate of drug-likeness (QED) is 0.609. The zero-order valence-corrected chi connectivity index (χ0v) is 18.7. The second-order valence-corrected chi connectivity index (χ2v) is 8.03. The molecule has 1 aliphatic rings. The third-order valence-electron chi connectivity index (χ3n) is 5.57. The molecule has 1 amide bonds. The molecule has 1 saturated heterocycles. The molecule has 3 heterocycles. The number of carbonyl (C=O) groups excluding carboxylic acids is 1. The van der Waals surface area contributed by atoms with Gasteiger partial charge in [0.1, 0.15) is 10.8 Å². The van der Waals surface area contributed by atoms with Gasteiger partial charge >= 0.3 is 0 Å². The largest absolute Gasteiger partial charge is 0.366 e. The van der Waals surface area contributed by atoms with Gasteiger partial charge in [0.25, 0.3) is 5.56 Å². The van der Waals surface area contributed by atoms with E-state index in [9.17, 15) is 9.59 Å². The molecule has 2 aromatic heterocycles. The first-order valence-corrected chi connectivity index (χ1v) is 10.9. The van der Waals surface area contributed by atoms with Crippen LogP contribution in [0.25, 0.3) is 5.69 Å². The fraction of sp³-hybridized carbons (Fsp3) is 0.364. The molecule has 1 aromatic carbocycles. The second kappa shape index (κ2) is 9.54. The Hall–Kier alpha value is -3.17. The summed E-state index contributed by atoms with van der Waals surface area (Å²) in [5.74, 6) is 0.947. The highest BCUT2D eigenvalue weighted by molar-refractivity contribution is 6.33. The maximum atomic E-state index is 12.8. The number of para-hydroxylation sites is 1. The van der Waals surface area contributed by atoms with Crippen molar-refractivity contribution in [2.45, 2.75) is 26.3 Å². The van der Waals surface area contributed by atoms with Gasteiger partial charge in [-0.2, -0.15) is 9.78 Å². The van der Waals surface area contributed by atoms with Gasteiger partial charge in [-0.3, -0.25) is 14.5 Å². The van der Waals surface area contributed by atoms with Crippen molar-refractivity contribution in [3.63, 3.8) is 0 Å². The summed E-state index contributed by atoms with van der Waals surface area (Å²) in [6, 6.07) is 10.6. The van der Waals surface area contributed by atoms with Gasteiger partial charge in [0.15, 0.2) is 5.82 Å². The topological polar surface area (TPSA) is 96.5 Å². The van der Waals surface area contributed by atoms with E-state index in [1.54, 1.807) is 31.3 Å². The third kappa shape index (κ3) is 4.53. The van der Waals surface area contributed by atoms with Crippen LogP contribution in [0.3, 0.4) is 0 Å². The molecule has 32 heavy (non-hydrogen) atoms. The second-order valence-electron chi connectivity index (χ2n) is 7.66. The first-order chi connectivity index (χ1) is 15.5. The van der Waals surface area contributed by atoms with E-state index in [2.05, 4.69) is 20.5 Å². The van der Waals surface area contributed by atoms with E-state index in [4.69, 9.17) is 16.1 Å². The molecular weight excluding hydrogens is 432 g/mol. The summed E-state index contributed by atoms with van der Waals surface area (Å²) in [4.78, 5) is 29.7. The van der Waals surface area contributed by atoms with E-state index >= 15 is 0 Å². The summed E-state index contributed by atoms with van der Waals surface area (Å²) >= 11 is 6.44. The number of rotatable bonds is 6. The average Bonchev–Trinajstić information content (AvgIpc) is 3.21. The molecule has 168 valence electrons. The molecule has 0 saturated carbocycles. The van der Waals surface area contributed by atoms with Crippen molar-refractivity contribution in [2.75, 3.05) is 36.4 Å². The van der Waals surface area contributed by atoms with Crippen molar-refractivity contribution in [2.24, 2.45) is 0 Å². The average molecular weight is 457 g/mol. The Kier molecular flexibility index (Phi) is 6.57. The molecule has 10 heteroatoms. The van der Waals surface area contributed by atoms with Gasteiger partial charge in [-0.15, -0.1) is 0 Å². The normalized spacial score (nSPS) is 15.5. The van der Waals surface area contributed by atoms with Crippen LogP contribution >= 0.6 is 11.6 Å². The summed E-state index contributed by atoms with van der Waals surface area (Å²) in [5.41, 5.74) is 0.917. The molecule has 1 N–H and O–H groups in total. The van der Waals surface area contributed by atoms with E-state index in [0.717, 1.165) is 0 Å². The van der Waals surface area contributed by atoms with E-state index in [1.165, 1.54) is 4.68 Å². The van der Waals surface area contributed by atoms with Crippen molar-refractivity contribution in [3.05, 3.63) is 63.7 Å². The van der Waals surface area contributed by atoms with Crippen LogP contribution in [-0.4, -0.2) is 58.0 Å². The van der Waals surface area contributed by atoms with Gasteiger partial charge < -0.3 is 14.7 Å². The summed E-state index contributed by atoms with van der Waals surface area (Å²) in [6.07, 6.45) is 2.29. The van der Waals surface area contributed by atoms with E-state index in [1.807, 2.05) is 30.0 Å². The highest BCUT2D eigenvalue weighted by Crippen LogP contribution is 2.24. The monoisotopic (exact) mass is 456 g/mol. The lowest BCUT2D eigenvalue weighted by atomic mass is 10.1. The van der Waals surface area contributed by atoms with Crippen molar-refractivity contribution in [3.8, 4) is 5.69 Å². The Morgan fingerprint density at radius 2 is 1.94 bits per heavy atom. The molecular formula is C22H25ClN6O3. The van der Waals surface area contributed by atoms with Crippen molar-refractivity contribution in [1.29, 1.82) is 0 Å². The smallest absolute Gasteiger partial charge is 0.292 e. The van der Waals surface area contributed by atoms with E-state index in [-0.39, 0.29) is 22.5 Å². The molecule has 1 unspecified atom stereocenters.